The number of aryl methyl sites for hydroxylation is 1. The van der Waals surface area contributed by atoms with E-state index in [1.807, 2.05) is 19.1 Å². The first-order valence-electron chi connectivity index (χ1n) is 5.89. The monoisotopic (exact) mass is 290 g/mol. The van der Waals surface area contributed by atoms with Gasteiger partial charge >= 0.3 is 0 Å². The zero-order valence-electron chi connectivity index (χ0n) is 10.6. The molecule has 0 atom stereocenters. The highest BCUT2D eigenvalue weighted by Gasteiger charge is 2.01. The summed E-state index contributed by atoms with van der Waals surface area (Å²) in [6, 6.07) is 8.16. The Morgan fingerprint density at radius 2 is 2.05 bits per heavy atom. The number of hydrogen-bond donors (Lipinski definition) is 1. The molecule has 1 heterocycles. The Morgan fingerprint density at radius 1 is 1.26 bits per heavy atom. The van der Waals surface area contributed by atoms with Gasteiger partial charge in [0.2, 0.25) is 0 Å². The van der Waals surface area contributed by atoms with E-state index in [1.54, 1.807) is 23.1 Å². The Hall–Kier alpha value is -1.35. The molecule has 0 aliphatic carbocycles. The average Bonchev–Trinajstić information content (AvgIpc) is 2.84. The van der Waals surface area contributed by atoms with Gasteiger partial charge in [0.25, 0.3) is 0 Å². The van der Waals surface area contributed by atoms with Crippen molar-refractivity contribution in [3.63, 3.8) is 0 Å². The molecule has 0 saturated heterocycles. The lowest BCUT2D eigenvalue weighted by molar-refractivity contribution is 0.305. The van der Waals surface area contributed by atoms with E-state index in [-0.39, 0.29) is 6.61 Å². The van der Waals surface area contributed by atoms with E-state index in [1.165, 1.54) is 5.56 Å². The smallest absolute Gasteiger partial charge is 0.174 e. The van der Waals surface area contributed by atoms with Gasteiger partial charge in [-0.15, -0.1) is 10.2 Å². The highest BCUT2D eigenvalue weighted by atomic mass is 32.2. The lowest BCUT2D eigenvalue weighted by atomic mass is 10.1. The maximum Gasteiger partial charge on any atom is 0.174 e. The molecule has 2 aromatic rings. The molecule has 0 radical (unpaired) electrons. The lowest BCUT2D eigenvalue weighted by Crippen LogP contribution is -1.82. The van der Waals surface area contributed by atoms with Gasteiger partial charge in [0.1, 0.15) is 5.01 Å². The van der Waals surface area contributed by atoms with E-state index in [4.69, 9.17) is 5.11 Å². The number of aromatic nitrogens is 2. The van der Waals surface area contributed by atoms with Crippen LogP contribution in [0.3, 0.4) is 0 Å². The zero-order chi connectivity index (χ0) is 13.5. The number of thioether (sulfide) groups is 1. The number of rotatable bonds is 4. The van der Waals surface area contributed by atoms with Crippen LogP contribution in [0.25, 0.3) is 0 Å². The lowest BCUT2D eigenvalue weighted by Gasteiger charge is -1.98. The highest BCUT2D eigenvalue weighted by Crippen LogP contribution is 2.25. The van der Waals surface area contributed by atoms with Crippen molar-refractivity contribution in [1.82, 2.24) is 10.2 Å². The third-order valence-electron chi connectivity index (χ3n) is 2.29. The first kappa shape index (κ1) is 14.1. The van der Waals surface area contributed by atoms with Gasteiger partial charge in [0.15, 0.2) is 4.34 Å². The third kappa shape index (κ3) is 4.67. The fourth-order valence-electron chi connectivity index (χ4n) is 1.39. The molecule has 19 heavy (non-hydrogen) atoms. The average molecular weight is 290 g/mol. The van der Waals surface area contributed by atoms with E-state index >= 15 is 0 Å². The molecule has 5 heteroatoms. The van der Waals surface area contributed by atoms with Gasteiger partial charge in [-0.25, -0.2) is 0 Å². The number of hydrogen-bond acceptors (Lipinski definition) is 5. The quantitative estimate of drug-likeness (QED) is 0.695. The summed E-state index contributed by atoms with van der Waals surface area (Å²) in [6.45, 7) is 2.07. The molecule has 0 spiro atoms. The molecule has 0 aliphatic heterocycles. The molecular formula is C14H14N2OS2. The SMILES string of the molecule is Cc1nnc(SCc2ccc(C#CCCO)cc2)s1. The molecule has 0 aliphatic rings. The van der Waals surface area contributed by atoms with Crippen LogP contribution < -0.4 is 0 Å². The standard InChI is InChI=1S/C14H14N2OS2/c1-11-15-16-14(19-11)18-10-13-7-5-12(6-8-13)4-2-3-9-17/h5-8,17H,3,9-10H2,1H3. The Bertz CT molecular complexity index is 581. The summed E-state index contributed by atoms with van der Waals surface area (Å²) in [4.78, 5) is 0. The molecule has 0 bridgehead atoms. The van der Waals surface area contributed by atoms with Crippen molar-refractivity contribution in [3.8, 4) is 11.8 Å². The minimum absolute atomic E-state index is 0.114. The minimum Gasteiger partial charge on any atom is -0.395 e. The minimum atomic E-state index is 0.114. The Kier molecular flexibility index (Phi) is 5.40. The van der Waals surface area contributed by atoms with E-state index in [0.717, 1.165) is 20.7 Å². The van der Waals surface area contributed by atoms with Crippen molar-refractivity contribution in [2.45, 2.75) is 23.4 Å². The van der Waals surface area contributed by atoms with E-state index in [0.29, 0.717) is 6.42 Å². The van der Waals surface area contributed by atoms with E-state index in [9.17, 15) is 0 Å². The molecule has 0 unspecified atom stereocenters. The van der Waals surface area contributed by atoms with Crippen LogP contribution in [0.4, 0.5) is 0 Å². The summed E-state index contributed by atoms with van der Waals surface area (Å²) in [7, 11) is 0. The molecule has 1 aromatic carbocycles. The highest BCUT2D eigenvalue weighted by molar-refractivity contribution is 8.00. The van der Waals surface area contributed by atoms with E-state index in [2.05, 4.69) is 34.2 Å². The van der Waals surface area contributed by atoms with Crippen LogP contribution in [0.2, 0.25) is 0 Å². The summed E-state index contributed by atoms with van der Waals surface area (Å²) < 4.78 is 1.00. The first-order chi connectivity index (χ1) is 9.28. The largest absolute Gasteiger partial charge is 0.395 e. The zero-order valence-corrected chi connectivity index (χ0v) is 12.2. The maximum absolute atomic E-state index is 8.65. The topological polar surface area (TPSA) is 46.0 Å². The third-order valence-corrected chi connectivity index (χ3v) is 4.34. The van der Waals surface area contributed by atoms with Gasteiger partial charge in [-0.1, -0.05) is 47.1 Å². The van der Waals surface area contributed by atoms with Crippen LogP contribution in [0.1, 0.15) is 22.6 Å². The van der Waals surface area contributed by atoms with Crippen LogP contribution in [-0.2, 0) is 5.75 Å². The van der Waals surface area contributed by atoms with Crippen molar-refractivity contribution in [2.24, 2.45) is 0 Å². The Balaban J connectivity index is 1.90. The fraction of sp³-hybridized carbons (Fsp3) is 0.286. The van der Waals surface area contributed by atoms with Crippen LogP contribution >= 0.6 is 23.1 Å². The number of nitrogens with zero attached hydrogens (tertiary/aromatic N) is 2. The normalized spacial score (nSPS) is 10.0. The van der Waals surface area contributed by atoms with Crippen LogP contribution in [0, 0.1) is 18.8 Å². The fourth-order valence-corrected chi connectivity index (χ4v) is 3.16. The van der Waals surface area contributed by atoms with Crippen molar-refractivity contribution in [2.75, 3.05) is 6.61 Å². The molecular weight excluding hydrogens is 276 g/mol. The Labute approximate surface area is 121 Å². The number of aliphatic hydroxyl groups is 1. The van der Waals surface area contributed by atoms with Gasteiger partial charge in [0.05, 0.1) is 6.61 Å². The first-order valence-corrected chi connectivity index (χ1v) is 7.70. The molecule has 1 N–H and O–H groups in total. The summed E-state index contributed by atoms with van der Waals surface area (Å²) in [5.41, 5.74) is 2.22. The molecule has 0 fully saturated rings. The predicted octanol–water partition coefficient (Wildman–Crippen LogP) is 2.87. The molecule has 0 saturated carbocycles. The van der Waals surface area contributed by atoms with Crippen LogP contribution in [-0.4, -0.2) is 21.9 Å². The molecule has 98 valence electrons. The summed E-state index contributed by atoms with van der Waals surface area (Å²) in [6.07, 6.45) is 0.522. The molecule has 2 rings (SSSR count). The number of benzene rings is 1. The predicted molar refractivity (Wildman–Crippen MR) is 79.2 cm³/mol. The van der Waals surface area contributed by atoms with Gasteiger partial charge < -0.3 is 5.11 Å². The molecule has 1 aromatic heterocycles. The molecule has 0 amide bonds. The number of aliphatic hydroxyl groups excluding tert-OH is 1. The summed E-state index contributed by atoms with van der Waals surface area (Å²) >= 11 is 3.32. The molecule has 3 nitrogen and oxygen atoms in total. The second-order valence-corrected chi connectivity index (χ2v) is 6.25. The summed E-state index contributed by atoms with van der Waals surface area (Å²) in [5, 5.41) is 17.7. The van der Waals surface area contributed by atoms with Gasteiger partial charge in [-0.05, 0) is 24.6 Å². The van der Waals surface area contributed by atoms with Crippen molar-refractivity contribution in [3.05, 3.63) is 40.4 Å². The van der Waals surface area contributed by atoms with Gasteiger partial charge in [-0.3, -0.25) is 0 Å². The van der Waals surface area contributed by atoms with E-state index < -0.39 is 0 Å². The van der Waals surface area contributed by atoms with Crippen molar-refractivity contribution < 1.29 is 5.11 Å². The maximum atomic E-state index is 8.65. The van der Waals surface area contributed by atoms with Gasteiger partial charge in [0, 0.05) is 17.7 Å². The van der Waals surface area contributed by atoms with Crippen LogP contribution in [0.5, 0.6) is 0 Å². The second-order valence-electron chi connectivity index (χ2n) is 3.85. The van der Waals surface area contributed by atoms with Crippen molar-refractivity contribution in [1.29, 1.82) is 0 Å². The Morgan fingerprint density at radius 3 is 2.68 bits per heavy atom. The van der Waals surface area contributed by atoms with Crippen LogP contribution in [0.15, 0.2) is 28.6 Å². The van der Waals surface area contributed by atoms with Crippen molar-refractivity contribution >= 4 is 23.1 Å². The van der Waals surface area contributed by atoms with Gasteiger partial charge in [-0.2, -0.15) is 0 Å². The summed E-state index contributed by atoms with van der Waals surface area (Å²) in [5.74, 6) is 6.81. The second kappa shape index (κ2) is 7.29.